The second-order valence-electron chi connectivity index (χ2n) is 1.58. The number of hydrogen-bond acceptors (Lipinski definition) is 5. The van der Waals surface area contributed by atoms with Gasteiger partial charge in [0.15, 0.2) is 0 Å². The van der Waals surface area contributed by atoms with Gasteiger partial charge >= 0.3 is 6.09 Å². The first-order chi connectivity index (χ1) is 5.33. The van der Waals surface area contributed by atoms with Gasteiger partial charge in [0.05, 0.1) is 7.11 Å². The SMILES string of the molecule is COC(=O)Nc1ncncn1.Cl. The lowest BCUT2D eigenvalue weighted by Crippen LogP contribution is -2.13. The predicted octanol–water partition coefficient (Wildman–Crippen LogP) is 0.472. The van der Waals surface area contributed by atoms with Crippen molar-refractivity contribution in [3.63, 3.8) is 0 Å². The maximum atomic E-state index is 10.5. The molecule has 1 amide bonds. The Morgan fingerprint density at radius 3 is 2.58 bits per heavy atom. The first kappa shape index (κ1) is 10.6. The molecule has 1 aromatic heterocycles. The van der Waals surface area contributed by atoms with Crippen molar-refractivity contribution in [1.29, 1.82) is 0 Å². The highest BCUT2D eigenvalue weighted by atomic mass is 35.5. The molecule has 0 atom stereocenters. The third-order valence-corrected chi connectivity index (χ3v) is 0.893. The standard InChI is InChI=1S/C5H6N4O2.ClH/c1-11-5(10)9-4-7-2-6-3-8-4;/h2-3H,1H3,(H,6,7,8,9,10);1H. The van der Waals surface area contributed by atoms with Crippen LogP contribution in [0.5, 0.6) is 0 Å². The van der Waals surface area contributed by atoms with Crippen LogP contribution in [0.25, 0.3) is 0 Å². The van der Waals surface area contributed by atoms with Gasteiger partial charge < -0.3 is 4.74 Å². The van der Waals surface area contributed by atoms with E-state index in [1.807, 2.05) is 0 Å². The molecule has 0 radical (unpaired) electrons. The molecule has 1 aromatic rings. The van der Waals surface area contributed by atoms with E-state index in [4.69, 9.17) is 0 Å². The Labute approximate surface area is 74.8 Å². The molecular formula is C5H7ClN4O2. The summed E-state index contributed by atoms with van der Waals surface area (Å²) in [4.78, 5) is 21.4. The summed E-state index contributed by atoms with van der Waals surface area (Å²) in [5.41, 5.74) is 0. The summed E-state index contributed by atoms with van der Waals surface area (Å²) in [6, 6.07) is 0. The number of rotatable bonds is 1. The minimum Gasteiger partial charge on any atom is -0.453 e. The van der Waals surface area contributed by atoms with Crippen molar-refractivity contribution in [2.45, 2.75) is 0 Å². The molecule has 0 aromatic carbocycles. The largest absolute Gasteiger partial charge is 0.453 e. The highest BCUT2D eigenvalue weighted by molar-refractivity contribution is 5.85. The van der Waals surface area contributed by atoms with Gasteiger partial charge in [0.25, 0.3) is 0 Å². The number of anilines is 1. The lowest BCUT2D eigenvalue weighted by Gasteiger charge is -1.98. The van der Waals surface area contributed by atoms with Crippen LogP contribution >= 0.6 is 12.4 Å². The van der Waals surface area contributed by atoms with Gasteiger partial charge in [-0.15, -0.1) is 12.4 Å². The van der Waals surface area contributed by atoms with Crippen LogP contribution in [0.15, 0.2) is 12.7 Å². The van der Waals surface area contributed by atoms with Gasteiger partial charge in [-0.25, -0.2) is 19.7 Å². The zero-order valence-corrected chi connectivity index (χ0v) is 7.04. The summed E-state index contributed by atoms with van der Waals surface area (Å²) < 4.78 is 4.30. The second-order valence-corrected chi connectivity index (χ2v) is 1.58. The zero-order valence-electron chi connectivity index (χ0n) is 6.22. The van der Waals surface area contributed by atoms with Gasteiger partial charge in [-0.3, -0.25) is 5.32 Å². The molecule has 6 nitrogen and oxygen atoms in total. The fourth-order valence-corrected chi connectivity index (χ4v) is 0.446. The Balaban J connectivity index is 0.00000121. The Morgan fingerprint density at radius 2 is 2.08 bits per heavy atom. The Morgan fingerprint density at radius 1 is 1.50 bits per heavy atom. The molecule has 7 heteroatoms. The number of nitrogens with zero attached hydrogens (tertiary/aromatic N) is 3. The van der Waals surface area contributed by atoms with Crippen molar-refractivity contribution < 1.29 is 9.53 Å². The lowest BCUT2D eigenvalue weighted by atomic mass is 10.9. The molecule has 1 heterocycles. The Bertz CT molecular complexity index is 242. The molecular weight excluding hydrogens is 184 g/mol. The van der Waals surface area contributed by atoms with Gasteiger partial charge in [0.1, 0.15) is 12.7 Å². The monoisotopic (exact) mass is 190 g/mol. The molecule has 0 aliphatic carbocycles. The third kappa shape index (κ3) is 3.11. The van der Waals surface area contributed by atoms with Crippen molar-refractivity contribution >= 4 is 24.4 Å². The number of carbonyl (C=O) groups is 1. The number of hydrogen-bond donors (Lipinski definition) is 1. The molecule has 0 aliphatic heterocycles. The van der Waals surface area contributed by atoms with Crippen LogP contribution < -0.4 is 5.32 Å². The number of nitrogens with one attached hydrogen (secondary N) is 1. The quantitative estimate of drug-likeness (QED) is 0.697. The topological polar surface area (TPSA) is 77.0 Å². The highest BCUT2D eigenvalue weighted by Gasteiger charge is 2.00. The molecule has 12 heavy (non-hydrogen) atoms. The van der Waals surface area contributed by atoms with E-state index in [9.17, 15) is 4.79 Å². The van der Waals surface area contributed by atoms with E-state index in [-0.39, 0.29) is 18.4 Å². The number of halogens is 1. The van der Waals surface area contributed by atoms with Gasteiger partial charge in [0, 0.05) is 0 Å². The maximum absolute atomic E-state index is 10.5. The molecule has 1 N–H and O–H groups in total. The number of amides is 1. The highest BCUT2D eigenvalue weighted by Crippen LogP contribution is 1.91. The molecule has 0 saturated heterocycles. The summed E-state index contributed by atoms with van der Waals surface area (Å²) in [7, 11) is 1.26. The van der Waals surface area contributed by atoms with Crippen LogP contribution in [0.3, 0.4) is 0 Å². The predicted molar refractivity (Wildman–Crippen MR) is 43.1 cm³/mol. The molecule has 0 unspecified atom stereocenters. The summed E-state index contributed by atoms with van der Waals surface area (Å²) in [5, 5.41) is 2.27. The van der Waals surface area contributed by atoms with Gasteiger partial charge in [-0.1, -0.05) is 0 Å². The van der Waals surface area contributed by atoms with Gasteiger partial charge in [0.2, 0.25) is 5.95 Å². The minimum atomic E-state index is -0.601. The first-order valence-electron chi connectivity index (χ1n) is 2.80. The van der Waals surface area contributed by atoms with E-state index in [0.29, 0.717) is 0 Å². The van der Waals surface area contributed by atoms with E-state index >= 15 is 0 Å². The van der Waals surface area contributed by atoms with Crippen LogP contribution in [-0.4, -0.2) is 28.2 Å². The average molecular weight is 191 g/mol. The van der Waals surface area contributed by atoms with E-state index < -0.39 is 6.09 Å². The van der Waals surface area contributed by atoms with E-state index in [2.05, 4.69) is 25.0 Å². The number of ether oxygens (including phenoxy) is 1. The zero-order chi connectivity index (χ0) is 8.10. The van der Waals surface area contributed by atoms with E-state index in [0.717, 1.165) is 0 Å². The first-order valence-corrected chi connectivity index (χ1v) is 2.80. The smallest absolute Gasteiger partial charge is 0.413 e. The van der Waals surface area contributed by atoms with Crippen LogP contribution in [0.1, 0.15) is 0 Å². The fraction of sp³-hybridized carbons (Fsp3) is 0.200. The molecule has 0 saturated carbocycles. The normalized spacial score (nSPS) is 8.08. The molecule has 0 spiro atoms. The maximum Gasteiger partial charge on any atom is 0.413 e. The summed E-state index contributed by atoms with van der Waals surface area (Å²) >= 11 is 0. The van der Waals surface area contributed by atoms with Crippen molar-refractivity contribution in [3.8, 4) is 0 Å². The number of aromatic nitrogens is 3. The minimum absolute atomic E-state index is 0. The van der Waals surface area contributed by atoms with Gasteiger partial charge in [-0.2, -0.15) is 0 Å². The van der Waals surface area contributed by atoms with E-state index in [1.165, 1.54) is 19.8 Å². The van der Waals surface area contributed by atoms with Crippen LogP contribution in [0.2, 0.25) is 0 Å². The average Bonchev–Trinajstić information content (AvgIpc) is 2.06. The summed E-state index contributed by atoms with van der Waals surface area (Å²) in [6.45, 7) is 0. The number of carbonyl (C=O) groups excluding carboxylic acids is 1. The van der Waals surface area contributed by atoms with Crippen molar-refractivity contribution in [2.24, 2.45) is 0 Å². The van der Waals surface area contributed by atoms with Crippen molar-refractivity contribution in [3.05, 3.63) is 12.7 Å². The van der Waals surface area contributed by atoms with Crippen LogP contribution in [-0.2, 0) is 4.74 Å². The number of methoxy groups -OCH3 is 1. The Kier molecular flexibility index (Phi) is 4.62. The molecule has 66 valence electrons. The Hall–Kier alpha value is -1.43. The van der Waals surface area contributed by atoms with Crippen LogP contribution in [0.4, 0.5) is 10.7 Å². The summed E-state index contributed by atoms with van der Waals surface area (Å²) in [5.74, 6) is 0.173. The van der Waals surface area contributed by atoms with E-state index in [1.54, 1.807) is 0 Å². The molecule has 1 rings (SSSR count). The summed E-state index contributed by atoms with van der Waals surface area (Å²) in [6.07, 6.45) is 1.95. The second kappa shape index (κ2) is 5.25. The lowest BCUT2D eigenvalue weighted by molar-refractivity contribution is 0.186. The fourth-order valence-electron chi connectivity index (χ4n) is 0.446. The van der Waals surface area contributed by atoms with Gasteiger partial charge in [-0.05, 0) is 0 Å². The molecule has 0 bridgehead atoms. The third-order valence-electron chi connectivity index (χ3n) is 0.893. The van der Waals surface area contributed by atoms with Crippen LogP contribution in [0, 0.1) is 0 Å². The van der Waals surface area contributed by atoms with Crippen molar-refractivity contribution in [1.82, 2.24) is 15.0 Å². The van der Waals surface area contributed by atoms with Crippen molar-refractivity contribution in [2.75, 3.05) is 12.4 Å². The molecule has 0 aliphatic rings. The molecule has 0 fully saturated rings.